The van der Waals surface area contributed by atoms with Crippen molar-refractivity contribution in [1.29, 1.82) is 0 Å². The second kappa shape index (κ2) is 10.7. The molecule has 30 heavy (non-hydrogen) atoms. The summed E-state index contributed by atoms with van der Waals surface area (Å²) in [6.45, 7) is 4.56. The number of carbonyl (C=O) groups is 1. The molecule has 2 unspecified atom stereocenters. The standard InChI is InChI=1S/C24H30N2O4/c1-18-8-7-9-19(2)26(18)24(27)17-30-25-15-21-12-13-22(28-3)23(14-21)29-16-20-10-5-4-6-11-20/h4-6,10-15,18-19H,7-9,16-17H2,1-3H3/b25-15+. The Morgan fingerprint density at radius 3 is 2.53 bits per heavy atom. The van der Waals surface area contributed by atoms with Gasteiger partial charge in [-0.3, -0.25) is 4.79 Å². The molecule has 0 bridgehead atoms. The van der Waals surface area contributed by atoms with E-state index in [1.807, 2.05) is 53.4 Å². The molecule has 6 heteroatoms. The van der Waals surface area contributed by atoms with Gasteiger partial charge in [-0.25, -0.2) is 0 Å². The van der Waals surface area contributed by atoms with E-state index in [0.29, 0.717) is 18.1 Å². The highest BCUT2D eigenvalue weighted by atomic mass is 16.6. The van der Waals surface area contributed by atoms with Crippen LogP contribution in [-0.4, -0.2) is 42.8 Å². The SMILES string of the molecule is COc1ccc(/C=N/OCC(=O)N2C(C)CCCC2C)cc1OCc1ccccc1. The molecule has 160 valence electrons. The second-order valence-corrected chi connectivity index (χ2v) is 7.62. The van der Waals surface area contributed by atoms with Gasteiger partial charge in [-0.15, -0.1) is 0 Å². The van der Waals surface area contributed by atoms with Crippen LogP contribution in [0.15, 0.2) is 53.7 Å². The van der Waals surface area contributed by atoms with Crippen LogP contribution in [0.1, 0.15) is 44.2 Å². The van der Waals surface area contributed by atoms with Crippen LogP contribution in [0.25, 0.3) is 0 Å². The minimum absolute atomic E-state index is 0.0199. The van der Waals surface area contributed by atoms with Crippen LogP contribution in [0.5, 0.6) is 11.5 Å². The number of piperidine rings is 1. The molecule has 0 aliphatic carbocycles. The molecular weight excluding hydrogens is 380 g/mol. The number of likely N-dealkylation sites (tertiary alicyclic amines) is 1. The first-order valence-corrected chi connectivity index (χ1v) is 10.4. The lowest BCUT2D eigenvalue weighted by Gasteiger charge is -2.38. The summed E-state index contributed by atoms with van der Waals surface area (Å²) in [5.74, 6) is 1.25. The van der Waals surface area contributed by atoms with E-state index in [0.717, 1.165) is 30.4 Å². The summed E-state index contributed by atoms with van der Waals surface area (Å²) in [5, 5.41) is 3.97. The van der Waals surface area contributed by atoms with Crippen molar-refractivity contribution in [2.45, 2.75) is 51.8 Å². The fourth-order valence-electron chi connectivity index (χ4n) is 3.80. The predicted molar refractivity (Wildman–Crippen MR) is 117 cm³/mol. The smallest absolute Gasteiger partial charge is 0.263 e. The third-order valence-corrected chi connectivity index (χ3v) is 5.37. The van der Waals surface area contributed by atoms with E-state index >= 15 is 0 Å². The highest BCUT2D eigenvalue weighted by Gasteiger charge is 2.28. The molecule has 0 saturated carbocycles. The molecule has 1 amide bonds. The van der Waals surface area contributed by atoms with Crippen LogP contribution in [0.2, 0.25) is 0 Å². The van der Waals surface area contributed by atoms with E-state index in [2.05, 4.69) is 19.0 Å². The lowest BCUT2D eigenvalue weighted by atomic mass is 9.97. The van der Waals surface area contributed by atoms with Crippen LogP contribution < -0.4 is 9.47 Å². The van der Waals surface area contributed by atoms with E-state index in [1.165, 1.54) is 0 Å². The number of nitrogens with zero attached hydrogens (tertiary/aromatic N) is 2. The van der Waals surface area contributed by atoms with Crippen molar-refractivity contribution in [3.05, 3.63) is 59.7 Å². The fourth-order valence-corrected chi connectivity index (χ4v) is 3.80. The van der Waals surface area contributed by atoms with Gasteiger partial charge in [-0.2, -0.15) is 0 Å². The first kappa shape index (κ1) is 21.7. The molecule has 2 aromatic rings. The summed E-state index contributed by atoms with van der Waals surface area (Å²) in [6, 6.07) is 16.0. The van der Waals surface area contributed by atoms with Crippen molar-refractivity contribution in [3.63, 3.8) is 0 Å². The van der Waals surface area contributed by atoms with Crippen LogP contribution in [0, 0.1) is 0 Å². The third-order valence-electron chi connectivity index (χ3n) is 5.37. The van der Waals surface area contributed by atoms with E-state index in [4.69, 9.17) is 14.3 Å². The maximum Gasteiger partial charge on any atom is 0.263 e. The Morgan fingerprint density at radius 1 is 1.10 bits per heavy atom. The summed E-state index contributed by atoms with van der Waals surface area (Å²) >= 11 is 0. The maximum atomic E-state index is 12.5. The van der Waals surface area contributed by atoms with E-state index in [1.54, 1.807) is 13.3 Å². The van der Waals surface area contributed by atoms with E-state index in [-0.39, 0.29) is 24.6 Å². The number of carbonyl (C=O) groups excluding carboxylic acids is 1. The van der Waals surface area contributed by atoms with Crippen LogP contribution in [0.4, 0.5) is 0 Å². The number of hydrogen-bond acceptors (Lipinski definition) is 5. The predicted octanol–water partition coefficient (Wildman–Crippen LogP) is 4.41. The molecule has 0 radical (unpaired) electrons. The lowest BCUT2D eigenvalue weighted by Crippen LogP contribution is -2.48. The molecule has 2 atom stereocenters. The number of amides is 1. The average molecular weight is 411 g/mol. The fraction of sp³-hybridized carbons (Fsp3) is 0.417. The molecule has 1 heterocycles. The zero-order valence-electron chi connectivity index (χ0n) is 17.9. The first-order valence-electron chi connectivity index (χ1n) is 10.4. The molecule has 0 spiro atoms. The van der Waals surface area contributed by atoms with Gasteiger partial charge in [0.1, 0.15) is 6.61 Å². The van der Waals surface area contributed by atoms with Gasteiger partial charge < -0.3 is 19.2 Å². The quantitative estimate of drug-likeness (QED) is 0.478. The monoisotopic (exact) mass is 410 g/mol. The molecule has 1 fully saturated rings. The third kappa shape index (κ3) is 5.75. The van der Waals surface area contributed by atoms with Gasteiger partial charge in [0.15, 0.2) is 18.1 Å². The second-order valence-electron chi connectivity index (χ2n) is 7.62. The van der Waals surface area contributed by atoms with Crippen LogP contribution >= 0.6 is 0 Å². The zero-order valence-corrected chi connectivity index (χ0v) is 17.9. The van der Waals surface area contributed by atoms with Crippen molar-refractivity contribution >= 4 is 12.1 Å². The Kier molecular flexibility index (Phi) is 7.71. The maximum absolute atomic E-state index is 12.5. The summed E-state index contributed by atoms with van der Waals surface area (Å²) in [4.78, 5) is 19.7. The Bertz CT molecular complexity index is 844. The summed E-state index contributed by atoms with van der Waals surface area (Å²) in [7, 11) is 1.61. The summed E-state index contributed by atoms with van der Waals surface area (Å²) in [6.07, 6.45) is 4.82. The number of rotatable bonds is 8. The van der Waals surface area contributed by atoms with Gasteiger partial charge in [0.05, 0.1) is 13.3 Å². The molecule has 6 nitrogen and oxygen atoms in total. The van der Waals surface area contributed by atoms with Gasteiger partial charge in [0.2, 0.25) is 0 Å². The number of benzene rings is 2. The molecule has 1 aliphatic heterocycles. The lowest BCUT2D eigenvalue weighted by molar-refractivity contribution is -0.142. The van der Waals surface area contributed by atoms with Gasteiger partial charge in [0.25, 0.3) is 5.91 Å². The number of hydrogen-bond donors (Lipinski definition) is 0. The number of oxime groups is 1. The number of ether oxygens (including phenoxy) is 2. The van der Waals surface area contributed by atoms with Gasteiger partial charge in [0, 0.05) is 17.6 Å². The van der Waals surface area contributed by atoms with Crippen molar-refractivity contribution in [2.24, 2.45) is 5.16 Å². The average Bonchev–Trinajstić information content (AvgIpc) is 2.76. The Morgan fingerprint density at radius 2 is 1.83 bits per heavy atom. The normalized spacial score (nSPS) is 19.0. The molecule has 1 saturated heterocycles. The summed E-state index contributed by atoms with van der Waals surface area (Å²) in [5.41, 5.74) is 1.87. The van der Waals surface area contributed by atoms with E-state index < -0.39 is 0 Å². The topological polar surface area (TPSA) is 60.4 Å². The molecule has 0 aromatic heterocycles. The minimum Gasteiger partial charge on any atom is -0.493 e. The van der Waals surface area contributed by atoms with E-state index in [9.17, 15) is 4.79 Å². The van der Waals surface area contributed by atoms with Crippen molar-refractivity contribution in [3.8, 4) is 11.5 Å². The molecule has 3 rings (SSSR count). The van der Waals surface area contributed by atoms with Crippen LogP contribution in [0.3, 0.4) is 0 Å². The molecule has 0 N–H and O–H groups in total. The van der Waals surface area contributed by atoms with Crippen molar-refractivity contribution < 1.29 is 19.1 Å². The minimum atomic E-state index is -0.0568. The molecular formula is C24H30N2O4. The van der Waals surface area contributed by atoms with Gasteiger partial charge in [-0.1, -0.05) is 35.5 Å². The van der Waals surface area contributed by atoms with Gasteiger partial charge >= 0.3 is 0 Å². The largest absolute Gasteiger partial charge is 0.493 e. The van der Waals surface area contributed by atoms with Crippen LogP contribution in [-0.2, 0) is 16.2 Å². The highest BCUT2D eigenvalue weighted by molar-refractivity contribution is 5.81. The Hall–Kier alpha value is -3.02. The Labute approximate surface area is 178 Å². The molecule has 2 aromatic carbocycles. The van der Waals surface area contributed by atoms with Gasteiger partial charge in [-0.05, 0) is 56.9 Å². The molecule has 1 aliphatic rings. The summed E-state index contributed by atoms with van der Waals surface area (Å²) < 4.78 is 11.3. The first-order chi connectivity index (χ1) is 14.6. The Balaban J connectivity index is 1.56. The number of methoxy groups -OCH3 is 1. The highest BCUT2D eigenvalue weighted by Crippen LogP contribution is 2.28. The van der Waals surface area contributed by atoms with Crippen molar-refractivity contribution in [2.75, 3.05) is 13.7 Å². The zero-order chi connectivity index (χ0) is 21.3. The van der Waals surface area contributed by atoms with Crippen molar-refractivity contribution in [1.82, 2.24) is 4.90 Å².